The van der Waals surface area contributed by atoms with Gasteiger partial charge in [-0.15, -0.1) is 11.3 Å². The van der Waals surface area contributed by atoms with Crippen LogP contribution in [0, 0.1) is 16.0 Å². The Kier molecular flexibility index (Phi) is 10.0. The summed E-state index contributed by atoms with van der Waals surface area (Å²) in [5.41, 5.74) is 0. The third-order valence-electron chi connectivity index (χ3n) is 8.56. The Hall–Kier alpha value is -2.84. The predicted molar refractivity (Wildman–Crippen MR) is 178 cm³/mol. The molecule has 2 aromatic carbocycles. The van der Waals surface area contributed by atoms with Crippen LogP contribution in [0.4, 0.5) is 0 Å². The van der Waals surface area contributed by atoms with Crippen molar-refractivity contribution in [3.8, 4) is 0 Å². The second-order valence-electron chi connectivity index (χ2n) is 13.9. The number of rotatable bonds is 11. The van der Waals surface area contributed by atoms with E-state index in [0.717, 1.165) is 10.4 Å². The number of Topliss-reactive ketones (excluding diaryl/α,β-unsaturated/α-hetero) is 1. The molecule has 12 heteroatoms. The molecule has 3 aromatic rings. The van der Waals surface area contributed by atoms with E-state index in [1.807, 2.05) is 36.4 Å². The number of ketones is 1. The molecule has 0 unspecified atom stereocenters. The zero-order valence-corrected chi connectivity index (χ0v) is 29.3. The molecular weight excluding hydrogens is 625 g/mol. The highest BCUT2D eigenvalue weighted by Crippen LogP contribution is 2.43. The van der Waals surface area contributed by atoms with E-state index in [2.05, 4.69) is 50.0 Å². The van der Waals surface area contributed by atoms with E-state index in [0.29, 0.717) is 5.01 Å². The minimum absolute atomic E-state index is 0.119. The number of carbonyl (C=O) groups is 1. The van der Waals surface area contributed by atoms with Crippen molar-refractivity contribution in [2.75, 3.05) is 13.2 Å². The van der Waals surface area contributed by atoms with Crippen LogP contribution in [0.3, 0.4) is 0 Å². The van der Waals surface area contributed by atoms with Gasteiger partial charge in [0.1, 0.15) is 18.3 Å². The van der Waals surface area contributed by atoms with Gasteiger partial charge in [-0.25, -0.2) is 4.98 Å². The van der Waals surface area contributed by atoms with Crippen LogP contribution in [-0.4, -0.2) is 73.1 Å². The van der Waals surface area contributed by atoms with Gasteiger partial charge in [-0.05, 0) is 43.1 Å². The number of aromatic nitrogens is 1. The summed E-state index contributed by atoms with van der Waals surface area (Å²) in [5.74, 6) is -3.31. The fraction of sp³-hybridized carbons (Fsp3) is 0.529. The van der Waals surface area contributed by atoms with Gasteiger partial charge in [-0.2, -0.15) is 0 Å². The second-order valence-corrected chi connectivity index (χ2v) is 19.1. The number of benzene rings is 2. The third-order valence-corrected chi connectivity index (χ3v) is 14.4. The quantitative estimate of drug-likeness (QED) is 0.117. The van der Waals surface area contributed by atoms with E-state index in [1.54, 1.807) is 39.3 Å². The second kappa shape index (κ2) is 13.3. The summed E-state index contributed by atoms with van der Waals surface area (Å²) in [4.78, 5) is 28.8. The van der Waals surface area contributed by atoms with Gasteiger partial charge >= 0.3 is 0 Å². The maximum Gasteiger partial charge on any atom is 0.261 e. The molecule has 2 aliphatic heterocycles. The molecule has 46 heavy (non-hydrogen) atoms. The molecule has 5 atom stereocenters. The Morgan fingerprint density at radius 3 is 2.04 bits per heavy atom. The van der Waals surface area contributed by atoms with E-state index in [4.69, 9.17) is 23.4 Å². The maximum atomic E-state index is 13.2. The minimum Gasteiger partial charge on any atom is -0.405 e. The van der Waals surface area contributed by atoms with E-state index < -0.39 is 61.7 Å². The molecule has 0 saturated carbocycles. The number of hydrogen-bond acceptors (Lipinski definition) is 10. The Bertz CT molecular complexity index is 1440. The molecule has 3 heterocycles. The van der Waals surface area contributed by atoms with Crippen LogP contribution in [0.25, 0.3) is 0 Å². The van der Waals surface area contributed by atoms with Gasteiger partial charge in [0.05, 0.1) is 18.6 Å². The van der Waals surface area contributed by atoms with Crippen LogP contribution in [0.5, 0.6) is 0 Å². The topological polar surface area (TPSA) is 119 Å². The van der Waals surface area contributed by atoms with Crippen LogP contribution in [-0.2, 0) is 23.4 Å². The number of ether oxygens (including phenoxy) is 4. The fourth-order valence-corrected chi connectivity index (χ4v) is 12.0. The average molecular weight is 669 g/mol. The molecule has 2 saturated heterocycles. The van der Waals surface area contributed by atoms with Crippen molar-refractivity contribution in [2.24, 2.45) is 5.92 Å². The Balaban J connectivity index is 1.52. The summed E-state index contributed by atoms with van der Waals surface area (Å²) in [7, 11) is -2.93. The van der Waals surface area contributed by atoms with Crippen molar-refractivity contribution in [1.82, 2.24) is 4.98 Å². The largest absolute Gasteiger partial charge is 0.405 e. The summed E-state index contributed by atoms with van der Waals surface area (Å²) in [6, 6.07) is 20.7. The van der Waals surface area contributed by atoms with Gasteiger partial charge in [-0.1, -0.05) is 81.4 Å². The molecule has 248 valence electrons. The molecule has 0 N–H and O–H groups in total. The highest BCUT2D eigenvalue weighted by molar-refractivity contribution is 7.11. The molecule has 2 aliphatic rings. The lowest BCUT2D eigenvalue weighted by molar-refractivity contribution is -0.499. The van der Waals surface area contributed by atoms with E-state index >= 15 is 0 Å². The first-order chi connectivity index (χ1) is 21.6. The zero-order chi connectivity index (χ0) is 33.3. The monoisotopic (exact) mass is 668 g/mol. The van der Waals surface area contributed by atoms with Gasteiger partial charge in [0.2, 0.25) is 6.54 Å². The van der Waals surface area contributed by atoms with E-state index in [-0.39, 0.29) is 23.8 Å². The molecule has 2 fully saturated rings. The van der Waals surface area contributed by atoms with Crippen LogP contribution >= 0.6 is 11.3 Å². The van der Waals surface area contributed by atoms with Gasteiger partial charge in [0.15, 0.2) is 22.4 Å². The number of nitrogens with zero attached hydrogens (tertiary/aromatic N) is 2. The Morgan fingerprint density at radius 2 is 1.52 bits per heavy atom. The van der Waals surface area contributed by atoms with Crippen molar-refractivity contribution >= 4 is 35.8 Å². The van der Waals surface area contributed by atoms with Crippen LogP contribution < -0.4 is 10.4 Å². The average Bonchev–Trinajstić information content (AvgIpc) is 3.52. The molecule has 0 aliphatic carbocycles. The highest BCUT2D eigenvalue weighted by atomic mass is 32.1. The molecule has 1 aromatic heterocycles. The lowest BCUT2D eigenvalue weighted by Crippen LogP contribution is -2.70. The zero-order valence-electron chi connectivity index (χ0n) is 27.5. The van der Waals surface area contributed by atoms with E-state index in [9.17, 15) is 14.9 Å². The molecular formula is C34H44N2O8SSi. The lowest BCUT2D eigenvalue weighted by Gasteiger charge is -2.55. The highest BCUT2D eigenvalue weighted by Gasteiger charge is 2.58. The SMILES string of the molecule is CC1(C)O[C@H]([C@H](CC(=O)c2nccs2)C[N+](=O)[O-])[C@H]2OC(C)(C)O[C@H](CO[Si](c3ccccc3)(c3ccccc3)C(C)(C)C)[C@H]2O1. The van der Waals surface area contributed by atoms with Gasteiger partial charge in [-0.3, -0.25) is 14.9 Å². The van der Waals surface area contributed by atoms with Crippen molar-refractivity contribution in [3.05, 3.63) is 87.4 Å². The first kappa shape index (κ1) is 34.5. The van der Waals surface area contributed by atoms with Crippen LogP contribution in [0.2, 0.25) is 5.04 Å². The summed E-state index contributed by atoms with van der Waals surface area (Å²) in [6.45, 7) is 13.5. The Morgan fingerprint density at radius 1 is 0.957 bits per heavy atom. The standard InChI is InChI=1S/C34H44N2O8SSi/c1-32(2,3)46(24-14-10-8-11-15-24,25-16-12-9-13-17-25)40-22-27-29-30(44-33(4,5)41-27)28(42-34(6,7)43-29)23(21-36(38)39)20-26(37)31-35-18-19-45-31/h8-19,23,27-30H,20-22H2,1-7H3/t23-,27-,28-,29-,30-/m1/s1. The third kappa shape index (κ3) is 7.33. The number of nitro groups is 1. The van der Waals surface area contributed by atoms with Gasteiger partial charge < -0.3 is 23.4 Å². The van der Waals surface area contributed by atoms with Gasteiger partial charge in [0, 0.05) is 22.9 Å². The molecule has 5 rings (SSSR count). The van der Waals surface area contributed by atoms with Crippen molar-refractivity contribution in [1.29, 1.82) is 0 Å². The fourth-order valence-electron chi connectivity index (χ4n) is 6.84. The molecule has 0 bridgehead atoms. The molecule has 0 amide bonds. The van der Waals surface area contributed by atoms with Crippen molar-refractivity contribution < 1.29 is 33.1 Å². The molecule has 0 spiro atoms. The number of thiazole rings is 1. The Labute approximate surface area is 275 Å². The number of carbonyl (C=O) groups excluding carboxylic acids is 1. The smallest absolute Gasteiger partial charge is 0.261 e. The number of hydrogen-bond donors (Lipinski definition) is 0. The minimum atomic E-state index is -2.93. The summed E-state index contributed by atoms with van der Waals surface area (Å²) >= 11 is 1.21. The first-order valence-electron chi connectivity index (χ1n) is 15.6. The predicted octanol–water partition coefficient (Wildman–Crippen LogP) is 5.23. The van der Waals surface area contributed by atoms with Gasteiger partial charge in [0.25, 0.3) is 8.32 Å². The van der Waals surface area contributed by atoms with Crippen LogP contribution in [0.1, 0.15) is 64.7 Å². The summed E-state index contributed by atoms with van der Waals surface area (Å²) in [6.07, 6.45) is -1.46. The maximum absolute atomic E-state index is 13.2. The van der Waals surface area contributed by atoms with Crippen LogP contribution in [0.15, 0.2) is 72.2 Å². The van der Waals surface area contributed by atoms with Crippen molar-refractivity contribution in [2.45, 2.75) is 95.9 Å². The summed E-state index contributed by atoms with van der Waals surface area (Å²) in [5, 5.41) is 15.9. The number of fused-ring (bicyclic) bond motifs is 1. The lowest BCUT2D eigenvalue weighted by atomic mass is 9.86. The van der Waals surface area contributed by atoms with Crippen molar-refractivity contribution in [3.63, 3.8) is 0 Å². The molecule has 10 nitrogen and oxygen atoms in total. The first-order valence-corrected chi connectivity index (χ1v) is 18.4. The molecule has 0 radical (unpaired) electrons. The summed E-state index contributed by atoms with van der Waals surface area (Å²) < 4.78 is 33.2. The normalized spacial score (nSPS) is 24.9. The van der Waals surface area contributed by atoms with E-state index in [1.165, 1.54) is 11.3 Å².